The number of hydrogen-bond donors (Lipinski definition) is 3. The molecule has 2 aliphatic heterocycles. The summed E-state index contributed by atoms with van der Waals surface area (Å²) in [6.07, 6.45) is 2.69. The summed E-state index contributed by atoms with van der Waals surface area (Å²) < 4.78 is 10.4. The van der Waals surface area contributed by atoms with E-state index in [0.717, 1.165) is 44.0 Å². The van der Waals surface area contributed by atoms with Crippen LogP contribution in [-0.2, 0) is 11.3 Å². The number of amides is 1. The summed E-state index contributed by atoms with van der Waals surface area (Å²) in [6.45, 7) is 2.98. The molecule has 1 unspecified atom stereocenters. The molecule has 0 radical (unpaired) electrons. The van der Waals surface area contributed by atoms with Crippen LogP contribution in [0.4, 0.5) is 0 Å². The Bertz CT molecular complexity index is 718. The van der Waals surface area contributed by atoms with Gasteiger partial charge in [0.2, 0.25) is 11.7 Å². The number of nitrogens with one attached hydrogen (secondary N) is 2. The molecule has 8 nitrogen and oxygen atoms in total. The Labute approximate surface area is 182 Å². The summed E-state index contributed by atoms with van der Waals surface area (Å²) in [4.78, 5) is 18.3. The van der Waals surface area contributed by atoms with E-state index < -0.39 is 0 Å². The van der Waals surface area contributed by atoms with Gasteiger partial charge in [-0.2, -0.15) is 0 Å². The zero-order chi connectivity index (χ0) is 19.4. The molecule has 1 atom stereocenters. The highest BCUT2D eigenvalue weighted by Gasteiger charge is 2.42. The van der Waals surface area contributed by atoms with Gasteiger partial charge in [0.15, 0.2) is 17.5 Å². The minimum atomic E-state index is -0.00972. The van der Waals surface area contributed by atoms with Gasteiger partial charge in [0.1, 0.15) is 0 Å². The normalized spacial score (nSPS) is 21.9. The zero-order valence-electron chi connectivity index (χ0n) is 16.6. The number of aliphatic imine (C=N–C) groups is 1. The SMILES string of the molecule is CN=C(NCc1cc(OC)c(O)c(OC)c1)N1CCCC2(CNC(=O)C2)C1.I. The fourth-order valence-corrected chi connectivity index (χ4v) is 3.99. The van der Waals surface area contributed by atoms with E-state index in [1.165, 1.54) is 14.2 Å². The van der Waals surface area contributed by atoms with Crippen molar-refractivity contribution in [1.29, 1.82) is 0 Å². The van der Waals surface area contributed by atoms with Crippen molar-refractivity contribution in [2.75, 3.05) is 40.9 Å². The van der Waals surface area contributed by atoms with Gasteiger partial charge in [0.25, 0.3) is 0 Å². The van der Waals surface area contributed by atoms with Crippen molar-refractivity contribution in [3.8, 4) is 17.2 Å². The monoisotopic (exact) mass is 504 g/mol. The van der Waals surface area contributed by atoms with Crippen LogP contribution < -0.4 is 20.1 Å². The molecule has 1 spiro atoms. The summed E-state index contributed by atoms with van der Waals surface area (Å²) in [5.74, 6) is 1.68. The zero-order valence-corrected chi connectivity index (χ0v) is 18.9. The predicted octanol–water partition coefficient (Wildman–Crippen LogP) is 1.70. The number of phenolic OH excluding ortho intramolecular Hbond substituents is 1. The van der Waals surface area contributed by atoms with E-state index in [1.54, 1.807) is 19.2 Å². The molecule has 1 aromatic carbocycles. The number of likely N-dealkylation sites (tertiary alicyclic amines) is 1. The molecule has 28 heavy (non-hydrogen) atoms. The van der Waals surface area contributed by atoms with Gasteiger partial charge < -0.3 is 30.1 Å². The number of rotatable bonds is 4. The number of guanidine groups is 1. The molecule has 0 aliphatic carbocycles. The maximum absolute atomic E-state index is 11.7. The summed E-state index contributed by atoms with van der Waals surface area (Å²) >= 11 is 0. The third-order valence-corrected chi connectivity index (χ3v) is 5.36. The topological polar surface area (TPSA) is 95.4 Å². The van der Waals surface area contributed by atoms with Crippen molar-refractivity contribution in [1.82, 2.24) is 15.5 Å². The highest BCUT2D eigenvalue weighted by Crippen LogP contribution is 2.37. The average molecular weight is 504 g/mol. The van der Waals surface area contributed by atoms with Gasteiger partial charge in [-0.25, -0.2) is 0 Å². The first kappa shape index (κ1) is 22.4. The molecular formula is C19H29IN4O4. The van der Waals surface area contributed by atoms with Crippen LogP contribution in [0.15, 0.2) is 17.1 Å². The third kappa shape index (κ3) is 4.73. The molecular weight excluding hydrogens is 475 g/mol. The average Bonchev–Trinajstić information content (AvgIpc) is 3.02. The Kier molecular flexibility index (Phi) is 7.62. The number of carbonyl (C=O) groups excluding carboxylic acids is 1. The number of piperidine rings is 1. The van der Waals surface area contributed by atoms with Crippen molar-refractivity contribution in [2.24, 2.45) is 10.4 Å². The Morgan fingerprint density at radius 1 is 1.36 bits per heavy atom. The number of carbonyl (C=O) groups is 1. The predicted molar refractivity (Wildman–Crippen MR) is 118 cm³/mol. The van der Waals surface area contributed by atoms with Gasteiger partial charge in [-0.3, -0.25) is 9.79 Å². The van der Waals surface area contributed by atoms with Crippen LogP contribution in [0.2, 0.25) is 0 Å². The van der Waals surface area contributed by atoms with E-state index in [0.29, 0.717) is 24.5 Å². The van der Waals surface area contributed by atoms with E-state index in [2.05, 4.69) is 20.5 Å². The maximum Gasteiger partial charge on any atom is 0.220 e. The van der Waals surface area contributed by atoms with Crippen LogP contribution in [-0.4, -0.2) is 62.8 Å². The largest absolute Gasteiger partial charge is 0.502 e. The van der Waals surface area contributed by atoms with Crippen molar-refractivity contribution in [3.63, 3.8) is 0 Å². The van der Waals surface area contributed by atoms with Crippen LogP contribution in [0.3, 0.4) is 0 Å². The van der Waals surface area contributed by atoms with Crippen molar-refractivity contribution in [2.45, 2.75) is 25.8 Å². The summed E-state index contributed by atoms with van der Waals surface area (Å²) in [6, 6.07) is 3.55. The maximum atomic E-state index is 11.7. The number of ether oxygens (including phenoxy) is 2. The second kappa shape index (κ2) is 9.53. The van der Waals surface area contributed by atoms with Crippen LogP contribution in [0.1, 0.15) is 24.8 Å². The number of phenols is 1. The highest BCUT2D eigenvalue weighted by atomic mass is 127. The Hall–Kier alpha value is -1.91. The molecule has 3 rings (SSSR count). The smallest absolute Gasteiger partial charge is 0.220 e. The minimum absolute atomic E-state index is 0. The molecule has 1 aromatic rings. The Balaban J connectivity index is 0.00000280. The lowest BCUT2D eigenvalue weighted by Gasteiger charge is -2.40. The van der Waals surface area contributed by atoms with Crippen LogP contribution in [0.25, 0.3) is 0 Å². The molecule has 1 amide bonds. The van der Waals surface area contributed by atoms with E-state index >= 15 is 0 Å². The molecule has 3 N–H and O–H groups in total. The first-order valence-corrected chi connectivity index (χ1v) is 9.16. The van der Waals surface area contributed by atoms with Crippen LogP contribution in [0.5, 0.6) is 17.2 Å². The van der Waals surface area contributed by atoms with Crippen LogP contribution in [0, 0.1) is 5.41 Å². The molecule has 9 heteroatoms. The third-order valence-electron chi connectivity index (χ3n) is 5.36. The second-order valence-corrected chi connectivity index (χ2v) is 7.23. The van der Waals surface area contributed by atoms with E-state index in [1.807, 2.05) is 0 Å². The summed E-state index contributed by atoms with van der Waals surface area (Å²) in [5.41, 5.74) is 0.921. The molecule has 0 aromatic heterocycles. The summed E-state index contributed by atoms with van der Waals surface area (Å²) in [5, 5.41) is 16.4. The quantitative estimate of drug-likeness (QED) is 0.329. The number of halogens is 1. The second-order valence-electron chi connectivity index (χ2n) is 7.23. The number of nitrogens with zero attached hydrogens (tertiary/aromatic N) is 2. The van der Waals surface area contributed by atoms with E-state index in [4.69, 9.17) is 9.47 Å². The lowest BCUT2D eigenvalue weighted by molar-refractivity contribution is -0.119. The molecule has 2 aliphatic rings. The fourth-order valence-electron chi connectivity index (χ4n) is 3.99. The first-order chi connectivity index (χ1) is 13.0. The van der Waals surface area contributed by atoms with Gasteiger partial charge in [-0.15, -0.1) is 24.0 Å². The van der Waals surface area contributed by atoms with E-state index in [-0.39, 0.29) is 41.0 Å². The summed E-state index contributed by atoms with van der Waals surface area (Å²) in [7, 11) is 4.78. The number of methoxy groups -OCH3 is 2. The lowest BCUT2D eigenvalue weighted by atomic mass is 9.79. The van der Waals surface area contributed by atoms with Gasteiger partial charge >= 0.3 is 0 Å². The molecule has 0 bridgehead atoms. The first-order valence-electron chi connectivity index (χ1n) is 9.16. The van der Waals surface area contributed by atoms with Crippen molar-refractivity contribution >= 4 is 35.8 Å². The minimum Gasteiger partial charge on any atom is -0.502 e. The molecule has 2 saturated heterocycles. The molecule has 2 fully saturated rings. The van der Waals surface area contributed by atoms with Gasteiger partial charge in [-0.05, 0) is 30.5 Å². The van der Waals surface area contributed by atoms with E-state index in [9.17, 15) is 9.90 Å². The Morgan fingerprint density at radius 3 is 2.57 bits per heavy atom. The number of hydrogen-bond acceptors (Lipinski definition) is 5. The van der Waals surface area contributed by atoms with Crippen LogP contribution >= 0.6 is 24.0 Å². The fraction of sp³-hybridized carbons (Fsp3) is 0.579. The van der Waals surface area contributed by atoms with Gasteiger partial charge in [0, 0.05) is 45.1 Å². The van der Waals surface area contributed by atoms with Crippen molar-refractivity contribution in [3.05, 3.63) is 17.7 Å². The number of aromatic hydroxyl groups is 1. The lowest BCUT2D eigenvalue weighted by Crippen LogP contribution is -2.51. The molecule has 0 saturated carbocycles. The van der Waals surface area contributed by atoms with Gasteiger partial charge in [0.05, 0.1) is 14.2 Å². The molecule has 2 heterocycles. The van der Waals surface area contributed by atoms with Crippen molar-refractivity contribution < 1.29 is 19.4 Å². The van der Waals surface area contributed by atoms with Gasteiger partial charge in [-0.1, -0.05) is 0 Å². The number of benzene rings is 1. The highest BCUT2D eigenvalue weighted by molar-refractivity contribution is 14.0. The molecule has 156 valence electrons. The standard InChI is InChI=1S/C19H28N4O4.HI/c1-20-18(23-6-4-5-19(12-23)9-16(24)22-11-19)21-10-13-7-14(26-2)17(25)15(8-13)27-3;/h7-8,25H,4-6,9-12H2,1-3H3,(H,20,21)(H,22,24);1H. The Morgan fingerprint density at radius 2 is 2.04 bits per heavy atom.